The standard InChI is InChI=1S/C14H21N3/c1-3-4-7-12(2)15-10-13-11-16-17-9-6-5-8-14(13)17/h5-6,8-9,11-12,15H,3-4,7,10H2,1-2H3. The van der Waals surface area contributed by atoms with Crippen LogP contribution in [-0.4, -0.2) is 15.7 Å². The first-order chi connectivity index (χ1) is 8.31. The van der Waals surface area contributed by atoms with E-state index in [9.17, 15) is 0 Å². The predicted molar refractivity (Wildman–Crippen MR) is 71.0 cm³/mol. The third kappa shape index (κ3) is 3.07. The molecule has 3 heteroatoms. The van der Waals surface area contributed by atoms with Crippen molar-refractivity contribution in [3.63, 3.8) is 0 Å². The average molecular weight is 231 g/mol. The highest BCUT2D eigenvalue weighted by Crippen LogP contribution is 2.10. The Bertz CT molecular complexity index is 461. The van der Waals surface area contributed by atoms with Crippen LogP contribution in [0.5, 0.6) is 0 Å². The molecule has 2 heterocycles. The first kappa shape index (κ1) is 12.1. The van der Waals surface area contributed by atoms with E-state index in [-0.39, 0.29) is 0 Å². The molecule has 3 nitrogen and oxygen atoms in total. The lowest BCUT2D eigenvalue weighted by atomic mass is 10.1. The molecular weight excluding hydrogens is 210 g/mol. The number of hydrogen-bond donors (Lipinski definition) is 1. The molecule has 0 aliphatic rings. The van der Waals surface area contributed by atoms with Crippen LogP contribution in [0.3, 0.4) is 0 Å². The molecule has 0 spiro atoms. The Hall–Kier alpha value is -1.35. The normalized spacial score (nSPS) is 13.1. The van der Waals surface area contributed by atoms with Gasteiger partial charge in [0, 0.05) is 24.3 Å². The van der Waals surface area contributed by atoms with Crippen molar-refractivity contribution >= 4 is 5.52 Å². The van der Waals surface area contributed by atoms with Crippen LogP contribution in [0, 0.1) is 0 Å². The summed E-state index contributed by atoms with van der Waals surface area (Å²) in [6, 6.07) is 6.75. The number of hydrogen-bond acceptors (Lipinski definition) is 2. The highest BCUT2D eigenvalue weighted by molar-refractivity contribution is 5.53. The van der Waals surface area contributed by atoms with E-state index in [1.165, 1.54) is 30.3 Å². The molecule has 0 aliphatic carbocycles. The minimum absolute atomic E-state index is 0.577. The van der Waals surface area contributed by atoms with E-state index in [0.717, 1.165) is 6.54 Å². The zero-order chi connectivity index (χ0) is 12.1. The van der Waals surface area contributed by atoms with E-state index >= 15 is 0 Å². The second-order valence-electron chi connectivity index (χ2n) is 4.62. The van der Waals surface area contributed by atoms with Gasteiger partial charge < -0.3 is 5.32 Å². The van der Waals surface area contributed by atoms with E-state index in [4.69, 9.17) is 0 Å². The van der Waals surface area contributed by atoms with Crippen LogP contribution in [0.25, 0.3) is 5.52 Å². The van der Waals surface area contributed by atoms with Crippen molar-refractivity contribution in [1.82, 2.24) is 14.9 Å². The Morgan fingerprint density at radius 3 is 3.12 bits per heavy atom. The summed E-state index contributed by atoms with van der Waals surface area (Å²) in [5.74, 6) is 0. The fraction of sp³-hybridized carbons (Fsp3) is 0.500. The summed E-state index contributed by atoms with van der Waals surface area (Å²) in [5.41, 5.74) is 2.47. The van der Waals surface area contributed by atoms with Crippen molar-refractivity contribution < 1.29 is 0 Å². The molecule has 0 amide bonds. The van der Waals surface area contributed by atoms with Gasteiger partial charge in [0.15, 0.2) is 0 Å². The number of pyridine rings is 1. The van der Waals surface area contributed by atoms with E-state index in [1.807, 2.05) is 23.0 Å². The van der Waals surface area contributed by atoms with Crippen molar-refractivity contribution in [3.8, 4) is 0 Å². The van der Waals surface area contributed by atoms with Gasteiger partial charge in [-0.2, -0.15) is 5.10 Å². The Labute approximate surface area is 103 Å². The lowest BCUT2D eigenvalue weighted by molar-refractivity contribution is 0.496. The minimum atomic E-state index is 0.577. The molecule has 92 valence electrons. The number of rotatable bonds is 6. The Morgan fingerprint density at radius 1 is 1.41 bits per heavy atom. The van der Waals surface area contributed by atoms with Crippen LogP contribution in [0.2, 0.25) is 0 Å². The summed E-state index contributed by atoms with van der Waals surface area (Å²) >= 11 is 0. The Balaban J connectivity index is 1.95. The minimum Gasteiger partial charge on any atom is -0.310 e. The summed E-state index contributed by atoms with van der Waals surface area (Å²) in [7, 11) is 0. The van der Waals surface area contributed by atoms with Crippen molar-refractivity contribution in [2.75, 3.05) is 0 Å². The maximum atomic E-state index is 4.34. The van der Waals surface area contributed by atoms with Crippen LogP contribution in [0.15, 0.2) is 30.6 Å². The molecule has 0 bridgehead atoms. The SMILES string of the molecule is CCCCC(C)NCc1cnn2ccccc12. The average Bonchev–Trinajstić information content (AvgIpc) is 2.77. The van der Waals surface area contributed by atoms with Crippen LogP contribution in [-0.2, 0) is 6.54 Å². The van der Waals surface area contributed by atoms with Crippen LogP contribution < -0.4 is 5.32 Å². The van der Waals surface area contributed by atoms with Gasteiger partial charge in [-0.1, -0.05) is 25.8 Å². The van der Waals surface area contributed by atoms with Gasteiger partial charge in [0.1, 0.15) is 0 Å². The summed E-state index contributed by atoms with van der Waals surface area (Å²) in [4.78, 5) is 0. The molecule has 2 aromatic rings. The molecule has 0 fully saturated rings. The molecule has 0 aromatic carbocycles. The third-order valence-electron chi connectivity index (χ3n) is 3.14. The van der Waals surface area contributed by atoms with Crippen molar-refractivity contribution in [2.24, 2.45) is 0 Å². The zero-order valence-corrected chi connectivity index (χ0v) is 10.7. The van der Waals surface area contributed by atoms with Crippen LogP contribution in [0.4, 0.5) is 0 Å². The molecule has 2 rings (SSSR count). The molecular formula is C14H21N3. The van der Waals surface area contributed by atoms with E-state index in [2.05, 4.69) is 36.4 Å². The molecule has 2 aromatic heterocycles. The monoisotopic (exact) mass is 231 g/mol. The van der Waals surface area contributed by atoms with Gasteiger partial charge in [-0.15, -0.1) is 0 Å². The summed E-state index contributed by atoms with van der Waals surface area (Å²) in [6.07, 6.45) is 7.75. The van der Waals surface area contributed by atoms with Gasteiger partial charge >= 0.3 is 0 Å². The lowest BCUT2D eigenvalue weighted by Crippen LogP contribution is -2.25. The molecule has 17 heavy (non-hydrogen) atoms. The molecule has 0 saturated carbocycles. The van der Waals surface area contributed by atoms with Gasteiger partial charge in [0.2, 0.25) is 0 Å². The Kier molecular flexibility index (Phi) is 4.15. The highest BCUT2D eigenvalue weighted by atomic mass is 15.2. The number of fused-ring (bicyclic) bond motifs is 1. The first-order valence-electron chi connectivity index (χ1n) is 6.46. The van der Waals surface area contributed by atoms with Crippen LogP contribution >= 0.6 is 0 Å². The number of aromatic nitrogens is 2. The summed E-state index contributed by atoms with van der Waals surface area (Å²) in [6.45, 7) is 5.39. The molecule has 0 saturated heterocycles. The van der Waals surface area contributed by atoms with Gasteiger partial charge in [-0.3, -0.25) is 0 Å². The third-order valence-corrected chi connectivity index (χ3v) is 3.14. The maximum absolute atomic E-state index is 4.34. The van der Waals surface area contributed by atoms with Crippen molar-refractivity contribution in [3.05, 3.63) is 36.2 Å². The number of nitrogens with zero attached hydrogens (tertiary/aromatic N) is 2. The lowest BCUT2D eigenvalue weighted by Gasteiger charge is -2.12. The van der Waals surface area contributed by atoms with Crippen molar-refractivity contribution in [2.45, 2.75) is 45.7 Å². The first-order valence-corrected chi connectivity index (χ1v) is 6.46. The van der Waals surface area contributed by atoms with Gasteiger partial charge in [0.25, 0.3) is 0 Å². The summed E-state index contributed by atoms with van der Waals surface area (Å²) in [5, 5.41) is 7.89. The Morgan fingerprint density at radius 2 is 2.29 bits per heavy atom. The molecule has 1 N–H and O–H groups in total. The van der Waals surface area contributed by atoms with Crippen LogP contribution in [0.1, 0.15) is 38.7 Å². The van der Waals surface area contributed by atoms with E-state index in [0.29, 0.717) is 6.04 Å². The van der Waals surface area contributed by atoms with Gasteiger partial charge in [0.05, 0.1) is 11.7 Å². The zero-order valence-electron chi connectivity index (χ0n) is 10.7. The van der Waals surface area contributed by atoms with E-state index < -0.39 is 0 Å². The maximum Gasteiger partial charge on any atom is 0.0706 e. The fourth-order valence-electron chi connectivity index (χ4n) is 2.02. The second kappa shape index (κ2) is 5.82. The van der Waals surface area contributed by atoms with Gasteiger partial charge in [-0.05, 0) is 25.5 Å². The van der Waals surface area contributed by atoms with Gasteiger partial charge in [-0.25, -0.2) is 4.52 Å². The summed E-state index contributed by atoms with van der Waals surface area (Å²) < 4.78 is 1.92. The molecule has 1 unspecified atom stereocenters. The largest absolute Gasteiger partial charge is 0.310 e. The topological polar surface area (TPSA) is 29.3 Å². The molecule has 1 atom stereocenters. The fourth-order valence-corrected chi connectivity index (χ4v) is 2.02. The smallest absolute Gasteiger partial charge is 0.0706 e. The van der Waals surface area contributed by atoms with Crippen molar-refractivity contribution in [1.29, 1.82) is 0 Å². The molecule has 0 radical (unpaired) electrons. The predicted octanol–water partition coefficient (Wildman–Crippen LogP) is 3.00. The second-order valence-corrected chi connectivity index (χ2v) is 4.62. The molecule has 0 aliphatic heterocycles. The quantitative estimate of drug-likeness (QED) is 0.828. The number of unbranched alkanes of at least 4 members (excludes halogenated alkanes) is 1. The number of nitrogens with one attached hydrogen (secondary N) is 1. The van der Waals surface area contributed by atoms with E-state index in [1.54, 1.807) is 0 Å². The highest BCUT2D eigenvalue weighted by Gasteiger charge is 2.05.